The third-order valence-corrected chi connectivity index (χ3v) is 3.02. The molecule has 1 unspecified atom stereocenters. The van der Waals surface area contributed by atoms with Crippen LogP contribution in [0, 0.1) is 0 Å². The Balaban J connectivity index is 2.49. The van der Waals surface area contributed by atoms with E-state index < -0.39 is 5.54 Å². The van der Waals surface area contributed by atoms with Crippen LogP contribution in [0.4, 0.5) is 0 Å². The molecule has 2 rings (SSSR count). The van der Waals surface area contributed by atoms with E-state index in [9.17, 15) is 4.79 Å². The molecule has 1 aromatic rings. The molecule has 1 heterocycles. The van der Waals surface area contributed by atoms with Crippen molar-refractivity contribution in [2.24, 2.45) is 0 Å². The molecule has 0 radical (unpaired) electrons. The average molecular weight is 205 g/mol. The van der Waals surface area contributed by atoms with Gasteiger partial charge in [0.05, 0.1) is 7.11 Å². The van der Waals surface area contributed by atoms with Crippen LogP contribution in [0.15, 0.2) is 24.3 Å². The first-order chi connectivity index (χ1) is 7.18. The van der Waals surface area contributed by atoms with Crippen LogP contribution in [0.2, 0.25) is 0 Å². The maximum Gasteiger partial charge on any atom is 0.330 e. The van der Waals surface area contributed by atoms with Gasteiger partial charge in [0, 0.05) is 6.54 Å². The predicted octanol–water partition coefficient (Wildman–Crippen LogP) is 1.22. The Bertz CT molecular complexity index is 389. The Morgan fingerprint density at radius 3 is 2.93 bits per heavy atom. The number of hydrogen-bond donors (Lipinski definition) is 1. The molecule has 3 heteroatoms. The zero-order chi connectivity index (χ0) is 10.9. The highest BCUT2D eigenvalue weighted by molar-refractivity contribution is 5.83. The van der Waals surface area contributed by atoms with E-state index >= 15 is 0 Å². The molecule has 0 amide bonds. The van der Waals surface area contributed by atoms with E-state index in [1.807, 2.05) is 25.1 Å². The van der Waals surface area contributed by atoms with Crippen molar-refractivity contribution < 1.29 is 9.53 Å². The minimum Gasteiger partial charge on any atom is -0.467 e. The fourth-order valence-corrected chi connectivity index (χ4v) is 2.15. The minimum atomic E-state index is -0.691. The molecule has 1 aliphatic heterocycles. The van der Waals surface area contributed by atoms with Crippen LogP contribution in [-0.2, 0) is 21.5 Å². The number of benzene rings is 1. The SMILES string of the molecule is COC(=O)C1(C)NCCc2ccccc21. The summed E-state index contributed by atoms with van der Waals surface area (Å²) in [4.78, 5) is 11.8. The van der Waals surface area contributed by atoms with Gasteiger partial charge in [0.1, 0.15) is 5.54 Å². The number of carbonyl (C=O) groups is 1. The Morgan fingerprint density at radius 2 is 2.20 bits per heavy atom. The molecule has 0 aliphatic carbocycles. The van der Waals surface area contributed by atoms with Gasteiger partial charge in [0.25, 0.3) is 0 Å². The highest BCUT2D eigenvalue weighted by Gasteiger charge is 2.39. The summed E-state index contributed by atoms with van der Waals surface area (Å²) < 4.78 is 4.85. The molecule has 15 heavy (non-hydrogen) atoms. The summed E-state index contributed by atoms with van der Waals surface area (Å²) in [5, 5.41) is 3.23. The molecular weight excluding hydrogens is 190 g/mol. The number of ether oxygens (including phenoxy) is 1. The Morgan fingerprint density at radius 1 is 1.47 bits per heavy atom. The van der Waals surface area contributed by atoms with Crippen LogP contribution < -0.4 is 5.32 Å². The van der Waals surface area contributed by atoms with Crippen LogP contribution in [0.25, 0.3) is 0 Å². The molecule has 1 N–H and O–H groups in total. The van der Waals surface area contributed by atoms with Crippen LogP contribution in [0.5, 0.6) is 0 Å². The molecule has 0 spiro atoms. The zero-order valence-electron chi connectivity index (χ0n) is 9.04. The lowest BCUT2D eigenvalue weighted by atomic mass is 9.84. The van der Waals surface area contributed by atoms with E-state index in [4.69, 9.17) is 4.74 Å². The van der Waals surface area contributed by atoms with Crippen molar-refractivity contribution in [3.05, 3.63) is 35.4 Å². The van der Waals surface area contributed by atoms with Gasteiger partial charge in [-0.1, -0.05) is 24.3 Å². The third-order valence-electron chi connectivity index (χ3n) is 3.02. The van der Waals surface area contributed by atoms with Gasteiger partial charge in [-0.2, -0.15) is 0 Å². The number of fused-ring (bicyclic) bond motifs is 1. The summed E-state index contributed by atoms with van der Waals surface area (Å²) >= 11 is 0. The second kappa shape index (κ2) is 3.66. The zero-order valence-corrected chi connectivity index (χ0v) is 9.04. The first-order valence-electron chi connectivity index (χ1n) is 5.10. The topological polar surface area (TPSA) is 38.3 Å². The van der Waals surface area contributed by atoms with E-state index in [0.717, 1.165) is 18.5 Å². The predicted molar refractivity (Wildman–Crippen MR) is 57.5 cm³/mol. The Kier molecular flexibility index (Phi) is 2.49. The van der Waals surface area contributed by atoms with Crippen LogP contribution >= 0.6 is 0 Å². The number of esters is 1. The van der Waals surface area contributed by atoms with Gasteiger partial charge in [-0.3, -0.25) is 5.32 Å². The lowest BCUT2D eigenvalue weighted by molar-refractivity contribution is -0.148. The summed E-state index contributed by atoms with van der Waals surface area (Å²) in [6, 6.07) is 8.00. The lowest BCUT2D eigenvalue weighted by Crippen LogP contribution is -2.51. The van der Waals surface area contributed by atoms with Crippen LogP contribution in [-0.4, -0.2) is 19.6 Å². The average Bonchev–Trinajstić information content (AvgIpc) is 2.28. The summed E-state index contributed by atoms with van der Waals surface area (Å²) in [5.41, 5.74) is 1.57. The van der Waals surface area contributed by atoms with Gasteiger partial charge in [-0.25, -0.2) is 4.79 Å². The smallest absolute Gasteiger partial charge is 0.330 e. The largest absolute Gasteiger partial charge is 0.467 e. The minimum absolute atomic E-state index is 0.227. The van der Waals surface area contributed by atoms with Crippen molar-refractivity contribution in [1.29, 1.82) is 0 Å². The normalized spacial score (nSPS) is 24.4. The van der Waals surface area contributed by atoms with Gasteiger partial charge < -0.3 is 4.74 Å². The fourth-order valence-electron chi connectivity index (χ4n) is 2.15. The Hall–Kier alpha value is -1.35. The molecule has 3 nitrogen and oxygen atoms in total. The molecule has 0 saturated heterocycles. The second-order valence-electron chi connectivity index (χ2n) is 3.95. The molecule has 0 bridgehead atoms. The number of rotatable bonds is 1. The van der Waals surface area contributed by atoms with Gasteiger partial charge in [-0.05, 0) is 24.5 Å². The third kappa shape index (κ3) is 1.53. The van der Waals surface area contributed by atoms with Gasteiger partial charge in [0.2, 0.25) is 0 Å². The number of methoxy groups -OCH3 is 1. The molecule has 1 aromatic carbocycles. The molecule has 80 valence electrons. The van der Waals surface area contributed by atoms with E-state index in [1.54, 1.807) is 0 Å². The van der Waals surface area contributed by atoms with E-state index in [-0.39, 0.29) is 5.97 Å². The molecule has 0 saturated carbocycles. The molecular formula is C12H15NO2. The van der Waals surface area contributed by atoms with Gasteiger partial charge >= 0.3 is 5.97 Å². The molecule has 0 aromatic heterocycles. The quantitative estimate of drug-likeness (QED) is 0.701. The fraction of sp³-hybridized carbons (Fsp3) is 0.417. The maximum atomic E-state index is 11.8. The molecule has 0 fully saturated rings. The maximum absolute atomic E-state index is 11.8. The van der Waals surface area contributed by atoms with Crippen molar-refractivity contribution in [2.75, 3.05) is 13.7 Å². The van der Waals surface area contributed by atoms with Crippen molar-refractivity contribution in [2.45, 2.75) is 18.9 Å². The van der Waals surface area contributed by atoms with Crippen molar-refractivity contribution in [3.63, 3.8) is 0 Å². The highest BCUT2D eigenvalue weighted by atomic mass is 16.5. The lowest BCUT2D eigenvalue weighted by Gasteiger charge is -2.34. The second-order valence-corrected chi connectivity index (χ2v) is 3.95. The number of carbonyl (C=O) groups excluding carboxylic acids is 1. The summed E-state index contributed by atoms with van der Waals surface area (Å²) in [5.74, 6) is -0.227. The van der Waals surface area contributed by atoms with Crippen molar-refractivity contribution >= 4 is 5.97 Å². The van der Waals surface area contributed by atoms with E-state index in [0.29, 0.717) is 0 Å². The van der Waals surface area contributed by atoms with Gasteiger partial charge in [0.15, 0.2) is 0 Å². The standard InChI is InChI=1S/C12H15NO2/c1-12(11(14)15-2)10-6-4-3-5-9(10)7-8-13-12/h3-6,13H,7-8H2,1-2H3. The Labute approximate surface area is 89.4 Å². The summed E-state index contributed by atoms with van der Waals surface area (Å²) in [7, 11) is 1.42. The molecule has 1 atom stereocenters. The number of hydrogen-bond acceptors (Lipinski definition) is 3. The van der Waals surface area contributed by atoms with Crippen molar-refractivity contribution in [3.8, 4) is 0 Å². The highest BCUT2D eigenvalue weighted by Crippen LogP contribution is 2.29. The molecule has 1 aliphatic rings. The van der Waals surface area contributed by atoms with E-state index in [2.05, 4.69) is 11.4 Å². The van der Waals surface area contributed by atoms with Crippen LogP contribution in [0.3, 0.4) is 0 Å². The van der Waals surface area contributed by atoms with Crippen molar-refractivity contribution in [1.82, 2.24) is 5.32 Å². The number of nitrogens with one attached hydrogen (secondary N) is 1. The summed E-state index contributed by atoms with van der Waals surface area (Å²) in [6.07, 6.45) is 0.961. The summed E-state index contributed by atoms with van der Waals surface area (Å²) in [6.45, 7) is 2.68. The van der Waals surface area contributed by atoms with Crippen LogP contribution in [0.1, 0.15) is 18.1 Å². The van der Waals surface area contributed by atoms with Gasteiger partial charge in [-0.15, -0.1) is 0 Å². The first-order valence-corrected chi connectivity index (χ1v) is 5.10. The monoisotopic (exact) mass is 205 g/mol. The van der Waals surface area contributed by atoms with E-state index in [1.165, 1.54) is 12.7 Å². The first kappa shape index (κ1) is 10.2.